The average molecular weight is 324 g/mol. The molecule has 1 atom stereocenters. The van der Waals surface area contributed by atoms with Crippen LogP contribution in [0.4, 0.5) is 0 Å². The molecule has 24 heavy (non-hydrogen) atoms. The van der Waals surface area contributed by atoms with Crippen LogP contribution in [0.3, 0.4) is 0 Å². The van der Waals surface area contributed by atoms with Gasteiger partial charge in [0, 0.05) is 37.0 Å². The third-order valence-electron chi connectivity index (χ3n) is 4.40. The van der Waals surface area contributed by atoms with Crippen molar-refractivity contribution in [3.05, 3.63) is 47.7 Å². The molecule has 1 aromatic carbocycles. The minimum atomic E-state index is -0.205. The average Bonchev–Trinajstić information content (AvgIpc) is 3.12. The van der Waals surface area contributed by atoms with Crippen LogP contribution in [0.2, 0.25) is 0 Å². The molecule has 0 radical (unpaired) electrons. The zero-order chi connectivity index (χ0) is 16.5. The molecule has 0 spiro atoms. The number of hydrogen-bond donors (Lipinski definition) is 3. The van der Waals surface area contributed by atoms with Crippen molar-refractivity contribution in [1.29, 1.82) is 0 Å². The molecule has 124 valence electrons. The molecule has 3 heterocycles. The quantitative estimate of drug-likeness (QED) is 0.679. The summed E-state index contributed by atoms with van der Waals surface area (Å²) in [6, 6.07) is 9.51. The highest BCUT2D eigenvalue weighted by atomic mass is 16.1. The number of hydrogen-bond acceptors (Lipinski definition) is 4. The number of aromatic nitrogens is 4. The molecule has 3 N–H and O–H groups in total. The van der Waals surface area contributed by atoms with Gasteiger partial charge in [-0.3, -0.25) is 4.79 Å². The van der Waals surface area contributed by atoms with Crippen molar-refractivity contribution >= 4 is 16.8 Å². The van der Waals surface area contributed by atoms with Crippen molar-refractivity contribution in [1.82, 2.24) is 30.4 Å². The van der Waals surface area contributed by atoms with Crippen molar-refractivity contribution in [3.63, 3.8) is 0 Å². The second-order valence-corrected chi connectivity index (χ2v) is 6.09. The number of aromatic amines is 1. The first-order valence-corrected chi connectivity index (χ1v) is 8.23. The number of para-hydroxylation sites is 1. The number of H-pyrrole nitrogens is 1. The summed E-state index contributed by atoms with van der Waals surface area (Å²) in [5.41, 5.74) is 1.51. The van der Waals surface area contributed by atoms with Gasteiger partial charge in [-0.05, 0) is 19.1 Å². The van der Waals surface area contributed by atoms with E-state index in [-0.39, 0.29) is 11.9 Å². The number of carbonyl (C=O) groups excluding carboxylic acids is 1. The second kappa shape index (κ2) is 6.09. The van der Waals surface area contributed by atoms with Crippen LogP contribution >= 0.6 is 0 Å². The molecule has 0 saturated carbocycles. The Hall–Kier alpha value is -2.67. The number of nitrogens with one attached hydrogen (secondary N) is 3. The molecule has 0 fully saturated rings. The van der Waals surface area contributed by atoms with Gasteiger partial charge in [0.05, 0.1) is 6.04 Å². The fourth-order valence-corrected chi connectivity index (χ4v) is 3.15. The molecule has 7 heteroatoms. The highest BCUT2D eigenvalue weighted by Crippen LogP contribution is 2.17. The zero-order valence-electron chi connectivity index (χ0n) is 13.5. The van der Waals surface area contributed by atoms with E-state index in [9.17, 15) is 4.79 Å². The van der Waals surface area contributed by atoms with Gasteiger partial charge in [-0.15, -0.1) is 10.2 Å². The lowest BCUT2D eigenvalue weighted by Crippen LogP contribution is -2.29. The maximum Gasteiger partial charge on any atom is 0.268 e. The Morgan fingerprint density at radius 1 is 1.29 bits per heavy atom. The summed E-state index contributed by atoms with van der Waals surface area (Å²) < 4.78 is 2.11. The lowest BCUT2D eigenvalue weighted by Gasteiger charge is -2.14. The second-order valence-electron chi connectivity index (χ2n) is 6.09. The fraction of sp³-hybridized carbons (Fsp3) is 0.353. The van der Waals surface area contributed by atoms with Gasteiger partial charge in [0.2, 0.25) is 0 Å². The number of carbonyl (C=O) groups is 1. The van der Waals surface area contributed by atoms with Crippen LogP contribution in [0.5, 0.6) is 0 Å². The van der Waals surface area contributed by atoms with Gasteiger partial charge in [0.1, 0.15) is 11.5 Å². The maximum atomic E-state index is 12.5. The van der Waals surface area contributed by atoms with Crippen LogP contribution in [0.1, 0.15) is 35.1 Å². The highest BCUT2D eigenvalue weighted by molar-refractivity contribution is 5.98. The lowest BCUT2D eigenvalue weighted by molar-refractivity contribution is 0.0933. The van der Waals surface area contributed by atoms with E-state index in [1.807, 2.05) is 37.3 Å². The molecule has 1 aliphatic rings. The Morgan fingerprint density at radius 2 is 2.17 bits per heavy atom. The smallest absolute Gasteiger partial charge is 0.268 e. The lowest BCUT2D eigenvalue weighted by atomic mass is 10.2. The summed E-state index contributed by atoms with van der Waals surface area (Å²) in [5.74, 6) is 1.64. The number of amides is 1. The molecule has 7 nitrogen and oxygen atoms in total. The van der Waals surface area contributed by atoms with Gasteiger partial charge >= 0.3 is 0 Å². The van der Waals surface area contributed by atoms with Crippen molar-refractivity contribution in [2.75, 3.05) is 13.1 Å². The first kappa shape index (κ1) is 14.9. The Labute approximate surface area is 139 Å². The van der Waals surface area contributed by atoms with E-state index in [2.05, 4.69) is 30.4 Å². The number of rotatable bonds is 3. The van der Waals surface area contributed by atoms with E-state index in [4.69, 9.17) is 0 Å². The monoisotopic (exact) mass is 324 g/mol. The van der Waals surface area contributed by atoms with Crippen molar-refractivity contribution < 1.29 is 4.79 Å². The van der Waals surface area contributed by atoms with Crippen LogP contribution in [0, 0.1) is 0 Å². The number of benzene rings is 1. The summed E-state index contributed by atoms with van der Waals surface area (Å²) in [6.45, 7) is 4.56. The predicted octanol–water partition coefficient (Wildman–Crippen LogP) is 1.40. The first-order chi connectivity index (χ1) is 11.7. The van der Waals surface area contributed by atoms with E-state index < -0.39 is 0 Å². The summed E-state index contributed by atoms with van der Waals surface area (Å²) in [6.07, 6.45) is 0.857. The van der Waals surface area contributed by atoms with Gasteiger partial charge in [-0.1, -0.05) is 18.2 Å². The largest absolute Gasteiger partial charge is 0.351 e. The third kappa shape index (κ3) is 2.67. The molecule has 3 aromatic rings. The van der Waals surface area contributed by atoms with Crippen LogP contribution in [-0.2, 0) is 13.0 Å². The fourth-order valence-electron chi connectivity index (χ4n) is 3.15. The van der Waals surface area contributed by atoms with E-state index in [0.29, 0.717) is 5.69 Å². The van der Waals surface area contributed by atoms with Crippen LogP contribution < -0.4 is 10.6 Å². The van der Waals surface area contributed by atoms with Crippen LogP contribution in [0.25, 0.3) is 10.9 Å². The normalized spacial score (nSPS) is 15.7. The summed E-state index contributed by atoms with van der Waals surface area (Å²) in [7, 11) is 0. The number of nitrogens with zero attached hydrogens (tertiary/aromatic N) is 3. The Morgan fingerprint density at radius 3 is 3.04 bits per heavy atom. The van der Waals surface area contributed by atoms with Crippen molar-refractivity contribution in [2.24, 2.45) is 0 Å². The van der Waals surface area contributed by atoms with E-state index >= 15 is 0 Å². The Bertz CT molecular complexity index is 847. The van der Waals surface area contributed by atoms with E-state index in [1.165, 1.54) is 0 Å². The zero-order valence-corrected chi connectivity index (χ0v) is 13.5. The van der Waals surface area contributed by atoms with Gasteiger partial charge in [0.15, 0.2) is 5.82 Å². The third-order valence-corrected chi connectivity index (χ3v) is 4.40. The van der Waals surface area contributed by atoms with Crippen LogP contribution in [-0.4, -0.2) is 38.7 Å². The molecule has 0 unspecified atom stereocenters. The molecule has 4 rings (SSSR count). The number of fused-ring (bicyclic) bond motifs is 2. The van der Waals surface area contributed by atoms with Crippen LogP contribution in [0.15, 0.2) is 30.3 Å². The molecule has 0 aliphatic carbocycles. The van der Waals surface area contributed by atoms with Crippen molar-refractivity contribution in [3.8, 4) is 0 Å². The summed E-state index contributed by atoms with van der Waals surface area (Å²) in [4.78, 5) is 15.7. The molecule has 2 aromatic heterocycles. The van der Waals surface area contributed by atoms with Gasteiger partial charge in [0.25, 0.3) is 5.91 Å². The standard InChI is InChI=1S/C17H20N6O/c1-11(16-22-21-15-6-7-18-8-9-23(15)16)19-17(24)14-10-12-4-2-3-5-13(12)20-14/h2-5,10-11,18,20H,6-9H2,1H3,(H,19,24)/t11-/m1/s1. The Kier molecular flexibility index (Phi) is 3.78. The van der Waals surface area contributed by atoms with Gasteiger partial charge in [-0.25, -0.2) is 0 Å². The summed E-state index contributed by atoms with van der Waals surface area (Å²) in [5, 5.41) is 15.9. The molecular weight excluding hydrogens is 304 g/mol. The minimum absolute atomic E-state index is 0.136. The first-order valence-electron chi connectivity index (χ1n) is 8.23. The van der Waals surface area contributed by atoms with Crippen molar-refractivity contribution in [2.45, 2.75) is 25.9 Å². The maximum absolute atomic E-state index is 12.5. The molecule has 1 aliphatic heterocycles. The topological polar surface area (TPSA) is 87.6 Å². The SMILES string of the molecule is C[C@@H](NC(=O)c1cc2ccccc2[nH]1)c1nnc2n1CCNCC2. The van der Waals surface area contributed by atoms with E-state index in [0.717, 1.165) is 48.6 Å². The summed E-state index contributed by atoms with van der Waals surface area (Å²) >= 11 is 0. The van der Waals surface area contributed by atoms with Gasteiger partial charge < -0.3 is 20.2 Å². The Balaban J connectivity index is 1.54. The molecule has 0 saturated heterocycles. The minimum Gasteiger partial charge on any atom is -0.351 e. The predicted molar refractivity (Wildman–Crippen MR) is 90.8 cm³/mol. The molecule has 0 bridgehead atoms. The molecular formula is C17H20N6O. The van der Waals surface area contributed by atoms with E-state index in [1.54, 1.807) is 0 Å². The highest BCUT2D eigenvalue weighted by Gasteiger charge is 2.21. The van der Waals surface area contributed by atoms with Gasteiger partial charge in [-0.2, -0.15) is 0 Å². The molecule has 1 amide bonds.